The zero-order valence-corrected chi connectivity index (χ0v) is 14.4. The van der Waals surface area contributed by atoms with Gasteiger partial charge >= 0.3 is 0 Å². The molecule has 0 saturated heterocycles. The average molecular weight is 384 g/mol. The Labute approximate surface area is 135 Å². The molecule has 2 rings (SSSR count). The summed E-state index contributed by atoms with van der Waals surface area (Å²) in [7, 11) is 5.17. The van der Waals surface area contributed by atoms with Crippen molar-refractivity contribution < 1.29 is 38.0 Å². The fourth-order valence-electron chi connectivity index (χ4n) is 2.32. The van der Waals surface area contributed by atoms with Crippen LogP contribution in [0.2, 0.25) is 0 Å². The smallest absolute Gasteiger partial charge is 0.196 e. The van der Waals surface area contributed by atoms with E-state index in [1.807, 2.05) is 37.6 Å². The Balaban J connectivity index is 0.00000200. The lowest BCUT2D eigenvalue weighted by molar-refractivity contribution is -0.682. The normalized spacial score (nSPS) is 9.80. The summed E-state index contributed by atoms with van der Waals surface area (Å²) in [6.45, 7) is 3.98. The van der Waals surface area contributed by atoms with E-state index in [0.717, 1.165) is 22.2 Å². The van der Waals surface area contributed by atoms with Crippen LogP contribution in [0.5, 0.6) is 11.5 Å². The predicted octanol–water partition coefficient (Wildman–Crippen LogP) is -0.826. The number of methoxy groups -OCH3 is 2. The maximum absolute atomic E-state index is 9.39. The van der Waals surface area contributed by atoms with E-state index >= 15 is 0 Å². The molecule has 0 unspecified atom stereocenters. The molecule has 0 fully saturated rings. The van der Waals surface area contributed by atoms with Crippen molar-refractivity contribution in [2.45, 2.75) is 13.8 Å². The van der Waals surface area contributed by atoms with Crippen molar-refractivity contribution >= 4 is 10.8 Å². The van der Waals surface area contributed by atoms with Crippen molar-refractivity contribution in [1.82, 2.24) is 0 Å². The highest BCUT2D eigenvalue weighted by Crippen LogP contribution is 2.34. The summed E-state index contributed by atoms with van der Waals surface area (Å²) in [6.07, 6.45) is 0. The number of nitriles is 1. The first-order chi connectivity index (χ1) is 9.04. The number of aryl methyl sites for hydroxylation is 1. The number of pyridine rings is 1. The molecule has 4 nitrogen and oxygen atoms in total. The molecular weight excluding hydrogens is 367 g/mol. The van der Waals surface area contributed by atoms with E-state index in [2.05, 4.69) is 6.07 Å². The van der Waals surface area contributed by atoms with Gasteiger partial charge in [-0.1, -0.05) is 0 Å². The molecule has 0 aliphatic heterocycles. The monoisotopic (exact) mass is 384 g/mol. The third-order valence-corrected chi connectivity index (χ3v) is 3.66. The summed E-state index contributed by atoms with van der Waals surface area (Å²) >= 11 is 0. The number of hydrogen-bond donors (Lipinski definition) is 0. The Bertz CT molecular complexity index is 706. The molecule has 0 saturated carbocycles. The quantitative estimate of drug-likeness (QED) is 0.502. The molecule has 0 amide bonds. The van der Waals surface area contributed by atoms with E-state index in [4.69, 9.17) is 9.47 Å². The number of nitrogens with zero attached hydrogens (tertiary/aromatic N) is 2. The van der Waals surface area contributed by atoms with Crippen LogP contribution in [0.25, 0.3) is 10.8 Å². The van der Waals surface area contributed by atoms with Gasteiger partial charge in [-0.3, -0.25) is 0 Å². The van der Waals surface area contributed by atoms with Crippen LogP contribution in [0.15, 0.2) is 12.1 Å². The predicted molar refractivity (Wildman–Crippen MR) is 72.4 cm³/mol. The third kappa shape index (κ3) is 2.40. The molecule has 0 atom stereocenters. The van der Waals surface area contributed by atoms with Crippen molar-refractivity contribution in [1.29, 1.82) is 5.26 Å². The van der Waals surface area contributed by atoms with E-state index in [-0.39, 0.29) is 24.0 Å². The third-order valence-electron chi connectivity index (χ3n) is 3.66. The Morgan fingerprint density at radius 2 is 1.50 bits per heavy atom. The maximum atomic E-state index is 9.39. The minimum Gasteiger partial charge on any atom is -1.00 e. The number of benzene rings is 1. The molecule has 0 N–H and O–H groups in total. The highest BCUT2D eigenvalue weighted by atomic mass is 127. The molecule has 0 aliphatic carbocycles. The molecule has 20 heavy (non-hydrogen) atoms. The summed E-state index contributed by atoms with van der Waals surface area (Å²) in [5, 5.41) is 11.3. The Morgan fingerprint density at radius 1 is 1.00 bits per heavy atom. The molecular formula is C15H17IN2O2. The lowest BCUT2D eigenvalue weighted by atomic mass is 10.0. The molecule has 0 aliphatic rings. The highest BCUT2D eigenvalue weighted by molar-refractivity contribution is 5.92. The molecule has 5 heteroatoms. The SMILES string of the molecule is COc1cc2c(C#N)c(C)[n+](C)c(C)c2cc1OC.[I-]. The first-order valence-corrected chi connectivity index (χ1v) is 6.00. The van der Waals surface area contributed by atoms with Gasteiger partial charge < -0.3 is 33.5 Å². The van der Waals surface area contributed by atoms with Crippen LogP contribution in [0, 0.1) is 25.2 Å². The van der Waals surface area contributed by atoms with Crippen molar-refractivity contribution in [3.8, 4) is 17.6 Å². The van der Waals surface area contributed by atoms with Gasteiger partial charge in [0.05, 0.1) is 19.6 Å². The first kappa shape index (κ1) is 16.5. The summed E-state index contributed by atoms with van der Waals surface area (Å²) in [5.74, 6) is 1.31. The second-order valence-electron chi connectivity index (χ2n) is 4.47. The van der Waals surface area contributed by atoms with E-state index in [9.17, 15) is 5.26 Å². The van der Waals surface area contributed by atoms with Gasteiger partial charge in [0.25, 0.3) is 0 Å². The molecule has 0 bridgehead atoms. The van der Waals surface area contributed by atoms with Gasteiger partial charge in [-0.25, -0.2) is 4.57 Å². The molecule has 0 spiro atoms. The lowest BCUT2D eigenvalue weighted by Crippen LogP contribution is -3.00. The number of ether oxygens (including phenoxy) is 2. The van der Waals surface area contributed by atoms with Gasteiger partial charge in [-0.15, -0.1) is 0 Å². The van der Waals surface area contributed by atoms with Crippen molar-refractivity contribution in [3.63, 3.8) is 0 Å². The largest absolute Gasteiger partial charge is 1.00 e. The topological polar surface area (TPSA) is 46.1 Å². The van der Waals surface area contributed by atoms with Crippen molar-refractivity contribution in [2.75, 3.05) is 14.2 Å². The van der Waals surface area contributed by atoms with Gasteiger partial charge in [-0.2, -0.15) is 5.26 Å². The van der Waals surface area contributed by atoms with Crippen molar-refractivity contribution in [2.24, 2.45) is 7.05 Å². The molecule has 2 aromatic rings. The molecule has 1 aromatic carbocycles. The van der Waals surface area contributed by atoms with Crippen LogP contribution in [-0.4, -0.2) is 14.2 Å². The Hall–Kier alpha value is -1.55. The Kier molecular flexibility index (Phi) is 5.17. The van der Waals surface area contributed by atoms with E-state index in [1.165, 1.54) is 0 Å². The first-order valence-electron chi connectivity index (χ1n) is 6.00. The summed E-state index contributed by atoms with van der Waals surface area (Å²) in [4.78, 5) is 0. The van der Waals surface area contributed by atoms with Crippen LogP contribution in [0.4, 0.5) is 0 Å². The zero-order valence-electron chi connectivity index (χ0n) is 12.2. The summed E-state index contributed by atoms with van der Waals surface area (Å²) in [5.41, 5.74) is 2.70. The average Bonchev–Trinajstić information content (AvgIpc) is 2.44. The van der Waals surface area contributed by atoms with Gasteiger partial charge in [0, 0.05) is 19.2 Å². The fraction of sp³-hybridized carbons (Fsp3) is 0.333. The van der Waals surface area contributed by atoms with E-state index in [0.29, 0.717) is 17.1 Å². The van der Waals surface area contributed by atoms with Gasteiger partial charge in [-0.05, 0) is 12.1 Å². The lowest BCUT2D eigenvalue weighted by Gasteiger charge is -2.11. The van der Waals surface area contributed by atoms with Gasteiger partial charge in [0.15, 0.2) is 22.9 Å². The zero-order chi connectivity index (χ0) is 14.2. The molecule has 0 radical (unpaired) electrons. The van der Waals surface area contributed by atoms with Gasteiger partial charge in [0.2, 0.25) is 0 Å². The second-order valence-corrected chi connectivity index (χ2v) is 4.47. The van der Waals surface area contributed by atoms with Crippen LogP contribution in [0.3, 0.4) is 0 Å². The molecule has 1 heterocycles. The maximum Gasteiger partial charge on any atom is 0.196 e. The highest BCUT2D eigenvalue weighted by Gasteiger charge is 2.20. The van der Waals surface area contributed by atoms with Gasteiger partial charge in [0.1, 0.15) is 18.7 Å². The van der Waals surface area contributed by atoms with Crippen molar-refractivity contribution in [3.05, 3.63) is 29.1 Å². The number of rotatable bonds is 2. The summed E-state index contributed by atoms with van der Waals surface area (Å²) in [6, 6.07) is 6.07. The van der Waals surface area contributed by atoms with Crippen LogP contribution < -0.4 is 38.0 Å². The van der Waals surface area contributed by atoms with E-state index in [1.54, 1.807) is 14.2 Å². The molecule has 106 valence electrons. The number of fused-ring (bicyclic) bond motifs is 1. The minimum absolute atomic E-state index is 0. The fourth-order valence-corrected chi connectivity index (χ4v) is 2.32. The number of halogens is 1. The van der Waals surface area contributed by atoms with Crippen LogP contribution >= 0.6 is 0 Å². The molecule has 1 aromatic heterocycles. The van der Waals surface area contributed by atoms with E-state index < -0.39 is 0 Å². The number of aromatic nitrogens is 1. The van der Waals surface area contributed by atoms with Crippen LogP contribution in [-0.2, 0) is 7.05 Å². The van der Waals surface area contributed by atoms with Crippen LogP contribution in [0.1, 0.15) is 17.0 Å². The number of hydrogen-bond acceptors (Lipinski definition) is 3. The Morgan fingerprint density at radius 3 is 1.95 bits per heavy atom. The minimum atomic E-state index is 0. The summed E-state index contributed by atoms with van der Waals surface area (Å²) < 4.78 is 12.7. The second kappa shape index (κ2) is 6.27. The standard InChI is InChI=1S/C15H17N2O2.HI/c1-9-11-6-14(18-4)15(19-5)7-12(11)13(8-16)10(2)17(9)3;/h6-7H,1-5H3;1H/q+1;/p-1.